The predicted octanol–water partition coefficient (Wildman–Crippen LogP) is 3.18. The molecule has 1 aromatic carbocycles. The molecule has 4 nitrogen and oxygen atoms in total. The van der Waals surface area contributed by atoms with Gasteiger partial charge in [0.25, 0.3) is 0 Å². The van der Waals surface area contributed by atoms with Crippen LogP contribution >= 0.6 is 7.82 Å². The van der Waals surface area contributed by atoms with Crippen LogP contribution in [0.2, 0.25) is 0 Å². The van der Waals surface area contributed by atoms with E-state index in [2.05, 4.69) is 11.4 Å². The molecule has 0 atom stereocenters. The van der Waals surface area contributed by atoms with Crippen molar-refractivity contribution < 1.29 is 35.9 Å². The molecule has 120 valence electrons. The first-order valence-electron chi connectivity index (χ1n) is 7.32. The second-order valence-electron chi connectivity index (χ2n) is 5.05. The van der Waals surface area contributed by atoms with E-state index in [1.807, 2.05) is 12.1 Å². The summed E-state index contributed by atoms with van der Waals surface area (Å²) < 4.78 is 14.7. The van der Waals surface area contributed by atoms with Crippen LogP contribution in [-0.2, 0) is 28.1 Å². The Morgan fingerprint density at radius 3 is 2.00 bits per heavy atom. The molecule has 1 aromatic rings. The fourth-order valence-corrected chi connectivity index (χ4v) is 2.51. The Kier molecular flexibility index (Phi) is 11.1. The van der Waals surface area contributed by atoms with Crippen LogP contribution in [0.1, 0.15) is 57.4 Å². The van der Waals surface area contributed by atoms with Gasteiger partial charge in [-0.2, -0.15) is 0 Å². The van der Waals surface area contributed by atoms with Gasteiger partial charge in [-0.1, -0.05) is 57.6 Å². The first-order chi connectivity index (χ1) is 9.51. The maximum absolute atomic E-state index is 10.5. The van der Waals surface area contributed by atoms with Crippen LogP contribution in [0, 0.1) is 0 Å². The van der Waals surface area contributed by atoms with Crippen LogP contribution < -0.4 is 14.3 Å². The molecule has 1 rings (SSSR count). The third kappa shape index (κ3) is 11.0. The van der Waals surface area contributed by atoms with Gasteiger partial charge in [0.1, 0.15) is 13.6 Å². The van der Waals surface area contributed by atoms with Crippen molar-refractivity contribution in [2.45, 2.75) is 58.3 Å². The van der Waals surface area contributed by atoms with E-state index in [9.17, 15) is 14.4 Å². The maximum atomic E-state index is 10.5. The van der Waals surface area contributed by atoms with Crippen LogP contribution in [0.4, 0.5) is 0 Å². The van der Waals surface area contributed by atoms with Crippen molar-refractivity contribution in [1.82, 2.24) is 0 Å². The molecular formula is C15H23FeO4P. The fraction of sp³-hybridized carbons (Fsp3) is 0.600. The maximum Gasteiger partial charge on any atom is 2.00 e. The minimum atomic E-state index is -4.94. The van der Waals surface area contributed by atoms with Crippen LogP contribution in [0.15, 0.2) is 24.3 Å². The number of phosphoric acid groups is 1. The number of phosphoric ester groups is 1. The average Bonchev–Trinajstić information content (AvgIpc) is 2.38. The molecule has 0 radical (unpaired) electrons. The van der Waals surface area contributed by atoms with Crippen molar-refractivity contribution in [3.05, 3.63) is 29.8 Å². The van der Waals surface area contributed by atoms with E-state index in [1.165, 1.54) is 50.7 Å². The molecule has 0 aliphatic rings. The van der Waals surface area contributed by atoms with Gasteiger partial charge in [0.2, 0.25) is 0 Å². The SMILES string of the molecule is CCCCCCCCCc1ccc(OP(=O)([O-])[O-])cc1.[Fe+2]. The van der Waals surface area contributed by atoms with Gasteiger partial charge in [-0.15, -0.1) is 0 Å². The zero-order chi connectivity index (χ0) is 14.8. The van der Waals surface area contributed by atoms with Gasteiger partial charge < -0.3 is 18.9 Å². The van der Waals surface area contributed by atoms with Crippen molar-refractivity contribution >= 4 is 7.82 Å². The van der Waals surface area contributed by atoms with Crippen LogP contribution in [-0.4, -0.2) is 0 Å². The van der Waals surface area contributed by atoms with Crippen LogP contribution in [0.3, 0.4) is 0 Å². The van der Waals surface area contributed by atoms with E-state index in [0.29, 0.717) is 0 Å². The Hall–Kier alpha value is -0.311. The monoisotopic (exact) mass is 354 g/mol. The van der Waals surface area contributed by atoms with Gasteiger partial charge in [-0.05, 0) is 30.5 Å². The van der Waals surface area contributed by atoms with Crippen molar-refractivity contribution in [3.63, 3.8) is 0 Å². The molecule has 0 N–H and O–H groups in total. The topological polar surface area (TPSA) is 72.4 Å². The van der Waals surface area contributed by atoms with Crippen molar-refractivity contribution in [3.8, 4) is 5.75 Å². The summed E-state index contributed by atoms with van der Waals surface area (Å²) in [5, 5.41) is 0. The number of benzene rings is 1. The predicted molar refractivity (Wildman–Crippen MR) is 76.4 cm³/mol. The largest absolute Gasteiger partial charge is 2.00 e. The van der Waals surface area contributed by atoms with E-state index in [-0.39, 0.29) is 22.8 Å². The minimum absolute atomic E-state index is 0. The number of aryl methyl sites for hydroxylation is 1. The summed E-state index contributed by atoms with van der Waals surface area (Å²) in [6.07, 6.45) is 9.83. The fourth-order valence-electron chi connectivity index (χ4n) is 2.13. The molecule has 0 unspecified atom stereocenters. The molecule has 6 heteroatoms. The first kappa shape index (κ1) is 20.7. The molecule has 0 aromatic heterocycles. The molecule has 0 bridgehead atoms. The van der Waals surface area contributed by atoms with E-state index >= 15 is 0 Å². The summed E-state index contributed by atoms with van der Waals surface area (Å²) in [5.41, 5.74) is 1.14. The van der Waals surface area contributed by atoms with Gasteiger partial charge in [0, 0.05) is 0 Å². The minimum Gasteiger partial charge on any atom is -0.780 e. The second-order valence-corrected chi connectivity index (χ2v) is 6.13. The first-order valence-corrected chi connectivity index (χ1v) is 8.78. The molecule has 0 saturated heterocycles. The number of hydrogen-bond donors (Lipinski definition) is 0. The molecule has 0 aliphatic heterocycles. The summed E-state index contributed by atoms with van der Waals surface area (Å²) in [6, 6.07) is 6.67. The van der Waals surface area contributed by atoms with Gasteiger partial charge in [-0.3, -0.25) is 0 Å². The molecule has 0 amide bonds. The number of rotatable bonds is 10. The molecule has 0 heterocycles. The third-order valence-electron chi connectivity index (χ3n) is 3.21. The van der Waals surface area contributed by atoms with Crippen LogP contribution in [0.25, 0.3) is 0 Å². The molecule has 0 fully saturated rings. The Morgan fingerprint density at radius 1 is 0.952 bits per heavy atom. The van der Waals surface area contributed by atoms with E-state index in [1.54, 1.807) is 0 Å². The van der Waals surface area contributed by atoms with Gasteiger partial charge >= 0.3 is 17.1 Å². The zero-order valence-corrected chi connectivity index (χ0v) is 14.4. The van der Waals surface area contributed by atoms with Gasteiger partial charge in [0.05, 0.1) is 0 Å². The zero-order valence-electron chi connectivity index (χ0n) is 12.4. The summed E-state index contributed by atoms with van der Waals surface area (Å²) in [4.78, 5) is 20.9. The van der Waals surface area contributed by atoms with E-state index < -0.39 is 7.82 Å². The summed E-state index contributed by atoms with van der Waals surface area (Å²) in [7, 11) is -4.94. The Morgan fingerprint density at radius 2 is 1.48 bits per heavy atom. The van der Waals surface area contributed by atoms with Gasteiger partial charge in [-0.25, -0.2) is 0 Å². The molecule has 0 saturated carbocycles. The molecule has 0 aliphatic carbocycles. The summed E-state index contributed by atoms with van der Waals surface area (Å²) in [5.74, 6) is 0.0849. The summed E-state index contributed by atoms with van der Waals surface area (Å²) >= 11 is 0. The van der Waals surface area contributed by atoms with E-state index in [4.69, 9.17) is 0 Å². The third-order valence-corrected chi connectivity index (χ3v) is 3.64. The smallest absolute Gasteiger partial charge is 0.780 e. The quantitative estimate of drug-likeness (QED) is 0.368. The number of unbranched alkanes of at least 4 members (excludes halogenated alkanes) is 6. The van der Waals surface area contributed by atoms with E-state index in [0.717, 1.165) is 18.4 Å². The Labute approximate surface area is 138 Å². The van der Waals surface area contributed by atoms with Gasteiger partial charge in [0.15, 0.2) is 0 Å². The summed E-state index contributed by atoms with van der Waals surface area (Å²) in [6.45, 7) is 2.21. The normalized spacial score (nSPS) is 11.0. The van der Waals surface area contributed by atoms with Crippen LogP contribution in [0.5, 0.6) is 5.75 Å². The van der Waals surface area contributed by atoms with Crippen molar-refractivity contribution in [1.29, 1.82) is 0 Å². The second kappa shape index (κ2) is 11.3. The standard InChI is InChI=1S/C15H25O4P.Fe/c1-2-3-4-5-6-7-8-9-14-10-12-15(13-11-14)19-20(16,17)18;/h10-13H,2-9H2,1H3,(H2,16,17,18);/q;+2/p-2. The average molecular weight is 354 g/mol. The van der Waals surface area contributed by atoms with Crippen molar-refractivity contribution in [2.75, 3.05) is 0 Å². The molecular weight excluding hydrogens is 331 g/mol. The van der Waals surface area contributed by atoms with Crippen molar-refractivity contribution in [2.24, 2.45) is 0 Å². The molecule has 0 spiro atoms. The molecule has 21 heavy (non-hydrogen) atoms. The Bertz CT molecular complexity index is 416. The Balaban J connectivity index is 0.00000400. The number of hydrogen-bond acceptors (Lipinski definition) is 4.